The number of nitrogens with zero attached hydrogens (tertiary/aromatic N) is 3. The normalized spacial score (nSPS) is 11.5. The highest BCUT2D eigenvalue weighted by Gasteiger charge is 2.39. The molecule has 28 heavy (non-hydrogen) atoms. The van der Waals surface area contributed by atoms with E-state index in [4.69, 9.17) is 0 Å². The van der Waals surface area contributed by atoms with Crippen molar-refractivity contribution in [3.8, 4) is 6.07 Å². The number of hydrogen-bond acceptors (Lipinski definition) is 3. The topological polar surface area (TPSA) is 61.8 Å². The molecule has 0 spiro atoms. The summed E-state index contributed by atoms with van der Waals surface area (Å²) in [4.78, 5) is 4.65. The van der Waals surface area contributed by atoms with E-state index < -0.39 is 11.4 Å². The molecule has 0 saturated carbocycles. The van der Waals surface area contributed by atoms with Gasteiger partial charge in [0.2, 0.25) is 0 Å². The molecule has 0 radical (unpaired) electrons. The molecule has 0 amide bonds. The molecule has 0 atom stereocenters. The molecule has 4 nitrogen and oxygen atoms in total. The Morgan fingerprint density at radius 3 is 2.07 bits per heavy atom. The average molecular weight is 371 g/mol. The lowest BCUT2D eigenvalue weighted by Gasteiger charge is -2.29. The number of aliphatic hydroxyl groups is 1. The highest BCUT2D eigenvalue weighted by Crippen LogP contribution is 2.38. The van der Waals surface area contributed by atoms with Gasteiger partial charge in [-0.1, -0.05) is 60.7 Å². The van der Waals surface area contributed by atoms with Crippen molar-refractivity contribution in [2.24, 2.45) is 0 Å². The van der Waals surface area contributed by atoms with Crippen molar-refractivity contribution < 1.29 is 9.50 Å². The molecule has 0 aliphatic heterocycles. The maximum atomic E-state index is 14.3. The summed E-state index contributed by atoms with van der Waals surface area (Å²) < 4.78 is 16.0. The van der Waals surface area contributed by atoms with Gasteiger partial charge in [-0.05, 0) is 30.2 Å². The van der Waals surface area contributed by atoms with Crippen LogP contribution in [0, 0.1) is 17.1 Å². The summed E-state index contributed by atoms with van der Waals surface area (Å²) in [5.41, 5.74) is 0.531. The third-order valence-corrected chi connectivity index (χ3v) is 4.99. The van der Waals surface area contributed by atoms with Crippen LogP contribution in [0.25, 0.3) is 11.0 Å². The minimum atomic E-state index is -1.55. The van der Waals surface area contributed by atoms with Crippen molar-refractivity contribution in [1.82, 2.24) is 9.55 Å². The van der Waals surface area contributed by atoms with E-state index in [-0.39, 0.29) is 5.56 Å². The highest BCUT2D eigenvalue weighted by atomic mass is 19.1. The predicted molar refractivity (Wildman–Crippen MR) is 105 cm³/mol. The van der Waals surface area contributed by atoms with Gasteiger partial charge in [-0.3, -0.25) is 0 Å². The highest BCUT2D eigenvalue weighted by molar-refractivity contribution is 5.83. The van der Waals surface area contributed by atoms with Crippen molar-refractivity contribution in [2.45, 2.75) is 19.1 Å². The standard InChI is InChI=1S/C23H18FN3O/c1-2-27-21-18(15-25)19(24)13-14-20(21)26-22(27)23(28,16-9-5-3-6-10-16)17-11-7-4-8-12-17/h3-14,28H,2H2,1H3. The van der Waals surface area contributed by atoms with Gasteiger partial charge in [0.05, 0.1) is 11.0 Å². The van der Waals surface area contributed by atoms with Crippen LogP contribution >= 0.6 is 0 Å². The van der Waals surface area contributed by atoms with Crippen LogP contribution in [0.2, 0.25) is 0 Å². The lowest BCUT2D eigenvalue weighted by molar-refractivity contribution is 0.112. The van der Waals surface area contributed by atoms with Crippen molar-refractivity contribution in [1.29, 1.82) is 5.26 Å². The van der Waals surface area contributed by atoms with E-state index in [1.54, 1.807) is 4.57 Å². The monoisotopic (exact) mass is 371 g/mol. The van der Waals surface area contributed by atoms with Crippen molar-refractivity contribution in [3.05, 3.63) is 101 Å². The Morgan fingerprint density at radius 2 is 1.57 bits per heavy atom. The van der Waals surface area contributed by atoms with E-state index in [0.717, 1.165) is 0 Å². The molecule has 3 aromatic carbocycles. The number of nitriles is 1. The Bertz CT molecular complexity index is 1140. The molecule has 0 aliphatic rings. The summed E-state index contributed by atoms with van der Waals surface area (Å²) in [7, 11) is 0. The second kappa shape index (κ2) is 6.91. The summed E-state index contributed by atoms with van der Waals surface area (Å²) in [6, 6.07) is 23.2. The zero-order valence-corrected chi connectivity index (χ0v) is 15.3. The number of benzene rings is 3. The third kappa shape index (κ3) is 2.58. The van der Waals surface area contributed by atoms with Crippen LogP contribution in [0.3, 0.4) is 0 Å². The quantitative estimate of drug-likeness (QED) is 0.580. The molecular formula is C23H18FN3O. The van der Waals surface area contributed by atoms with E-state index in [9.17, 15) is 14.8 Å². The molecule has 5 heteroatoms. The molecule has 1 N–H and O–H groups in total. The van der Waals surface area contributed by atoms with Gasteiger partial charge < -0.3 is 9.67 Å². The van der Waals surface area contributed by atoms with E-state index in [0.29, 0.717) is 34.5 Å². The van der Waals surface area contributed by atoms with Crippen LogP contribution in [-0.2, 0) is 12.1 Å². The first-order valence-corrected chi connectivity index (χ1v) is 9.04. The minimum Gasteiger partial charge on any atom is -0.373 e. The van der Waals surface area contributed by atoms with E-state index in [1.165, 1.54) is 12.1 Å². The Labute approximate surface area is 162 Å². The summed E-state index contributed by atoms with van der Waals surface area (Å²) >= 11 is 0. The number of aryl methyl sites for hydroxylation is 1. The first kappa shape index (κ1) is 17.9. The number of halogens is 1. The molecule has 138 valence electrons. The number of imidazole rings is 1. The molecule has 0 saturated heterocycles. The summed E-state index contributed by atoms with van der Waals surface area (Å²) in [5.74, 6) is -0.247. The van der Waals surface area contributed by atoms with Gasteiger partial charge in [0.25, 0.3) is 0 Å². The van der Waals surface area contributed by atoms with Gasteiger partial charge in [-0.2, -0.15) is 5.26 Å². The molecule has 1 aromatic heterocycles. The van der Waals surface area contributed by atoms with Crippen molar-refractivity contribution in [3.63, 3.8) is 0 Å². The van der Waals surface area contributed by atoms with Crippen LogP contribution in [0.4, 0.5) is 4.39 Å². The van der Waals surface area contributed by atoms with Gasteiger partial charge in [-0.25, -0.2) is 9.37 Å². The van der Waals surface area contributed by atoms with Crippen molar-refractivity contribution in [2.75, 3.05) is 0 Å². The first-order valence-electron chi connectivity index (χ1n) is 9.04. The van der Waals surface area contributed by atoms with Gasteiger partial charge in [-0.15, -0.1) is 0 Å². The Balaban J connectivity index is 2.12. The summed E-state index contributed by atoms with van der Waals surface area (Å²) in [6.45, 7) is 2.30. The molecule has 0 aliphatic carbocycles. The Kier molecular flexibility index (Phi) is 4.42. The summed E-state index contributed by atoms with van der Waals surface area (Å²) in [6.07, 6.45) is 0. The fourth-order valence-electron chi connectivity index (χ4n) is 3.67. The second-order valence-electron chi connectivity index (χ2n) is 6.52. The fourth-order valence-corrected chi connectivity index (χ4v) is 3.67. The van der Waals surface area contributed by atoms with E-state index in [2.05, 4.69) is 4.98 Å². The van der Waals surface area contributed by atoms with Crippen LogP contribution < -0.4 is 0 Å². The van der Waals surface area contributed by atoms with Crippen LogP contribution in [0.1, 0.15) is 29.4 Å². The first-order chi connectivity index (χ1) is 13.6. The van der Waals surface area contributed by atoms with Gasteiger partial charge in [0.1, 0.15) is 17.4 Å². The molecule has 4 rings (SSSR count). The fraction of sp³-hybridized carbons (Fsp3) is 0.130. The van der Waals surface area contributed by atoms with Crippen LogP contribution in [-0.4, -0.2) is 14.7 Å². The molecule has 4 aromatic rings. The van der Waals surface area contributed by atoms with Gasteiger partial charge in [0.15, 0.2) is 11.4 Å². The van der Waals surface area contributed by atoms with E-state index in [1.807, 2.05) is 73.7 Å². The molecule has 1 heterocycles. The maximum Gasteiger partial charge on any atom is 0.173 e. The largest absolute Gasteiger partial charge is 0.373 e. The number of rotatable bonds is 4. The van der Waals surface area contributed by atoms with Crippen LogP contribution in [0.5, 0.6) is 0 Å². The molecular weight excluding hydrogens is 353 g/mol. The van der Waals surface area contributed by atoms with E-state index >= 15 is 0 Å². The maximum absolute atomic E-state index is 14.3. The second-order valence-corrected chi connectivity index (χ2v) is 6.52. The zero-order chi connectivity index (χ0) is 19.7. The smallest absolute Gasteiger partial charge is 0.173 e. The van der Waals surface area contributed by atoms with Crippen molar-refractivity contribution >= 4 is 11.0 Å². The van der Waals surface area contributed by atoms with Gasteiger partial charge in [0, 0.05) is 6.54 Å². The molecule has 0 bridgehead atoms. The van der Waals surface area contributed by atoms with Gasteiger partial charge >= 0.3 is 0 Å². The molecule has 0 unspecified atom stereocenters. The Morgan fingerprint density at radius 1 is 1.00 bits per heavy atom. The lowest BCUT2D eigenvalue weighted by atomic mass is 9.85. The molecule has 0 fully saturated rings. The summed E-state index contributed by atoms with van der Waals surface area (Å²) in [5, 5.41) is 21.5. The minimum absolute atomic E-state index is 0.0680. The predicted octanol–water partition coefficient (Wildman–Crippen LogP) is 4.35. The average Bonchev–Trinajstić information content (AvgIpc) is 3.13. The third-order valence-electron chi connectivity index (χ3n) is 4.99. The van der Waals surface area contributed by atoms with Crippen LogP contribution in [0.15, 0.2) is 72.8 Å². The lowest BCUT2D eigenvalue weighted by Crippen LogP contribution is -2.32. The SMILES string of the molecule is CCn1c(C(O)(c2ccccc2)c2ccccc2)nc2ccc(F)c(C#N)c21. The zero-order valence-electron chi connectivity index (χ0n) is 15.3. The Hall–Kier alpha value is -3.49. The number of fused-ring (bicyclic) bond motifs is 1. The number of hydrogen-bond donors (Lipinski definition) is 1. The number of aromatic nitrogens is 2.